The predicted octanol–water partition coefficient (Wildman–Crippen LogP) is 4.17. The molecule has 4 nitrogen and oxygen atoms in total. The van der Waals surface area contributed by atoms with Crippen molar-refractivity contribution in [2.45, 2.75) is 20.0 Å². The van der Waals surface area contributed by atoms with Crippen LogP contribution in [0.2, 0.25) is 0 Å². The Bertz CT molecular complexity index is 673. The highest BCUT2D eigenvalue weighted by atomic mass is 79.9. The van der Waals surface area contributed by atoms with Crippen LogP contribution in [0.5, 0.6) is 11.5 Å². The van der Waals surface area contributed by atoms with Crippen molar-refractivity contribution >= 4 is 27.5 Å². The van der Waals surface area contributed by atoms with Crippen molar-refractivity contribution in [1.82, 2.24) is 0 Å². The number of carbonyl (C=O) groups is 1. The number of halogens is 1. The van der Waals surface area contributed by atoms with Crippen LogP contribution < -0.4 is 14.8 Å². The molecule has 0 aliphatic heterocycles. The summed E-state index contributed by atoms with van der Waals surface area (Å²) in [4.78, 5) is 12.3. The Labute approximate surface area is 138 Å². The van der Waals surface area contributed by atoms with E-state index in [-0.39, 0.29) is 5.91 Å². The van der Waals surface area contributed by atoms with E-state index in [9.17, 15) is 4.79 Å². The van der Waals surface area contributed by atoms with E-state index in [1.807, 2.05) is 37.3 Å². The van der Waals surface area contributed by atoms with Crippen molar-refractivity contribution in [2.75, 3.05) is 12.4 Å². The molecule has 0 aromatic heterocycles. The maximum absolute atomic E-state index is 12.3. The number of benzene rings is 2. The summed E-state index contributed by atoms with van der Waals surface area (Å²) in [6.45, 7) is 3.70. The molecule has 0 heterocycles. The normalized spacial score (nSPS) is 11.6. The van der Waals surface area contributed by atoms with Gasteiger partial charge in [0.2, 0.25) is 0 Å². The fourth-order valence-corrected chi connectivity index (χ4v) is 2.51. The lowest BCUT2D eigenvalue weighted by Gasteiger charge is -2.17. The van der Waals surface area contributed by atoms with Crippen molar-refractivity contribution < 1.29 is 14.3 Å². The van der Waals surface area contributed by atoms with Crippen molar-refractivity contribution in [3.63, 3.8) is 0 Å². The fourth-order valence-electron chi connectivity index (χ4n) is 1.93. The van der Waals surface area contributed by atoms with E-state index in [1.165, 1.54) is 0 Å². The molecular formula is C17H18BrNO3. The molecule has 2 aromatic carbocycles. The number of ether oxygens (including phenoxy) is 2. The van der Waals surface area contributed by atoms with Crippen LogP contribution in [0.15, 0.2) is 46.9 Å². The summed E-state index contributed by atoms with van der Waals surface area (Å²) in [5.41, 5.74) is 1.73. The first-order valence-corrected chi connectivity index (χ1v) is 7.67. The molecule has 1 amide bonds. The zero-order valence-electron chi connectivity index (χ0n) is 12.7. The SMILES string of the molecule is COc1ccccc1NC(=O)C(C)Oc1ccc(C)cc1Br. The van der Waals surface area contributed by atoms with Crippen molar-refractivity contribution in [3.05, 3.63) is 52.5 Å². The number of anilines is 1. The Hall–Kier alpha value is -2.01. The molecule has 1 N–H and O–H groups in total. The fraction of sp³-hybridized carbons (Fsp3) is 0.235. The Balaban J connectivity index is 2.06. The zero-order chi connectivity index (χ0) is 16.1. The predicted molar refractivity (Wildman–Crippen MR) is 90.6 cm³/mol. The van der Waals surface area contributed by atoms with Gasteiger partial charge in [0, 0.05) is 0 Å². The molecule has 0 aliphatic rings. The van der Waals surface area contributed by atoms with E-state index in [0.717, 1.165) is 10.0 Å². The molecule has 0 radical (unpaired) electrons. The van der Waals surface area contributed by atoms with Crippen LogP contribution in [0.1, 0.15) is 12.5 Å². The summed E-state index contributed by atoms with van der Waals surface area (Å²) in [5, 5.41) is 2.81. The molecule has 2 rings (SSSR count). The van der Waals surface area contributed by atoms with E-state index >= 15 is 0 Å². The van der Waals surface area contributed by atoms with Gasteiger partial charge in [0.05, 0.1) is 17.3 Å². The molecule has 5 heteroatoms. The van der Waals surface area contributed by atoms with Gasteiger partial charge >= 0.3 is 0 Å². The first kappa shape index (κ1) is 16.4. The Morgan fingerprint density at radius 1 is 1.18 bits per heavy atom. The molecule has 2 aromatic rings. The number of carbonyl (C=O) groups excluding carboxylic acids is 1. The number of amides is 1. The topological polar surface area (TPSA) is 47.6 Å². The molecule has 0 fully saturated rings. The van der Waals surface area contributed by atoms with Crippen LogP contribution in [0.25, 0.3) is 0 Å². The van der Waals surface area contributed by atoms with Gasteiger partial charge in [-0.1, -0.05) is 18.2 Å². The summed E-state index contributed by atoms with van der Waals surface area (Å²) in [5.74, 6) is 1.00. The highest BCUT2D eigenvalue weighted by molar-refractivity contribution is 9.10. The van der Waals surface area contributed by atoms with E-state index in [4.69, 9.17) is 9.47 Å². The highest BCUT2D eigenvalue weighted by Crippen LogP contribution is 2.27. The molecule has 1 atom stereocenters. The highest BCUT2D eigenvalue weighted by Gasteiger charge is 2.17. The average Bonchev–Trinajstić information content (AvgIpc) is 2.50. The van der Waals surface area contributed by atoms with Gasteiger partial charge in [0.15, 0.2) is 6.10 Å². The van der Waals surface area contributed by atoms with E-state index in [2.05, 4.69) is 21.2 Å². The first-order valence-electron chi connectivity index (χ1n) is 6.88. The molecule has 0 bridgehead atoms. The van der Waals surface area contributed by atoms with Crippen LogP contribution in [0.4, 0.5) is 5.69 Å². The van der Waals surface area contributed by atoms with Gasteiger partial charge in [-0.15, -0.1) is 0 Å². The Morgan fingerprint density at radius 3 is 2.59 bits per heavy atom. The summed E-state index contributed by atoms with van der Waals surface area (Å²) in [6, 6.07) is 13.0. The lowest BCUT2D eigenvalue weighted by Crippen LogP contribution is -2.30. The van der Waals surface area contributed by atoms with Gasteiger partial charge in [-0.05, 0) is 59.6 Å². The number of hydrogen-bond acceptors (Lipinski definition) is 3. The van der Waals surface area contributed by atoms with E-state index < -0.39 is 6.10 Å². The van der Waals surface area contributed by atoms with Crippen LogP contribution in [-0.2, 0) is 4.79 Å². The number of nitrogens with one attached hydrogen (secondary N) is 1. The van der Waals surface area contributed by atoms with Crippen molar-refractivity contribution in [2.24, 2.45) is 0 Å². The quantitative estimate of drug-likeness (QED) is 0.866. The molecule has 1 unspecified atom stereocenters. The Kier molecular flexibility index (Phi) is 5.44. The smallest absolute Gasteiger partial charge is 0.265 e. The first-order chi connectivity index (χ1) is 10.5. The number of hydrogen-bond donors (Lipinski definition) is 1. The molecule has 0 saturated heterocycles. The number of rotatable bonds is 5. The summed E-state index contributed by atoms with van der Waals surface area (Å²) in [6.07, 6.45) is -0.635. The number of aryl methyl sites for hydroxylation is 1. The third-order valence-corrected chi connectivity index (χ3v) is 3.74. The van der Waals surface area contributed by atoms with Crippen LogP contribution >= 0.6 is 15.9 Å². The molecule has 116 valence electrons. The van der Waals surface area contributed by atoms with Gasteiger partial charge in [-0.2, -0.15) is 0 Å². The standard InChI is InChI=1S/C17H18BrNO3/c1-11-8-9-15(13(18)10-11)22-12(2)17(20)19-14-6-4-5-7-16(14)21-3/h4-10,12H,1-3H3,(H,19,20). The Morgan fingerprint density at radius 2 is 1.91 bits per heavy atom. The van der Waals surface area contributed by atoms with E-state index in [1.54, 1.807) is 26.2 Å². The van der Waals surface area contributed by atoms with E-state index in [0.29, 0.717) is 17.2 Å². The summed E-state index contributed by atoms with van der Waals surface area (Å²) in [7, 11) is 1.56. The van der Waals surface area contributed by atoms with Gasteiger partial charge in [-0.25, -0.2) is 0 Å². The van der Waals surface area contributed by atoms with Gasteiger partial charge < -0.3 is 14.8 Å². The summed E-state index contributed by atoms with van der Waals surface area (Å²) >= 11 is 3.44. The third kappa shape index (κ3) is 4.01. The molecule has 0 aliphatic carbocycles. The zero-order valence-corrected chi connectivity index (χ0v) is 14.3. The lowest BCUT2D eigenvalue weighted by molar-refractivity contribution is -0.122. The third-order valence-electron chi connectivity index (χ3n) is 3.13. The van der Waals surface area contributed by atoms with Crippen LogP contribution in [0.3, 0.4) is 0 Å². The minimum Gasteiger partial charge on any atom is -0.495 e. The van der Waals surface area contributed by atoms with Crippen molar-refractivity contribution in [3.8, 4) is 11.5 Å². The lowest BCUT2D eigenvalue weighted by atomic mass is 10.2. The van der Waals surface area contributed by atoms with Crippen molar-refractivity contribution in [1.29, 1.82) is 0 Å². The average molecular weight is 364 g/mol. The minimum atomic E-state index is -0.635. The second kappa shape index (κ2) is 7.31. The monoisotopic (exact) mass is 363 g/mol. The molecule has 22 heavy (non-hydrogen) atoms. The maximum Gasteiger partial charge on any atom is 0.265 e. The second-order valence-corrected chi connectivity index (χ2v) is 5.74. The van der Waals surface area contributed by atoms with Crippen LogP contribution in [-0.4, -0.2) is 19.1 Å². The number of para-hydroxylation sites is 2. The van der Waals surface area contributed by atoms with Crippen LogP contribution in [0, 0.1) is 6.92 Å². The minimum absolute atomic E-state index is 0.239. The van der Waals surface area contributed by atoms with Gasteiger partial charge in [-0.3, -0.25) is 4.79 Å². The molecular weight excluding hydrogens is 346 g/mol. The van der Waals surface area contributed by atoms with Gasteiger partial charge in [0.1, 0.15) is 11.5 Å². The second-order valence-electron chi connectivity index (χ2n) is 4.88. The maximum atomic E-state index is 12.3. The largest absolute Gasteiger partial charge is 0.495 e. The molecule has 0 saturated carbocycles. The number of methoxy groups -OCH3 is 1. The van der Waals surface area contributed by atoms with Gasteiger partial charge in [0.25, 0.3) is 5.91 Å². The molecule has 0 spiro atoms. The summed E-state index contributed by atoms with van der Waals surface area (Å²) < 4.78 is 11.7.